The number of aliphatic hydroxyl groups is 1. The van der Waals surface area contributed by atoms with Gasteiger partial charge in [-0.1, -0.05) is 43.5 Å². The van der Waals surface area contributed by atoms with Gasteiger partial charge in [0.2, 0.25) is 11.8 Å². The molecule has 10 heteroatoms. The number of unbranched alkanes of at least 4 members (excludes halogenated alkanes) is 2. The number of benzene rings is 1. The van der Waals surface area contributed by atoms with Crippen molar-refractivity contribution in [2.45, 2.75) is 91.8 Å². The Morgan fingerprint density at radius 3 is 2.34 bits per heavy atom. The number of esters is 1. The van der Waals surface area contributed by atoms with E-state index in [9.17, 15) is 24.3 Å². The predicted molar refractivity (Wildman–Crippen MR) is 144 cm³/mol. The van der Waals surface area contributed by atoms with Crippen LogP contribution in [0.3, 0.4) is 0 Å². The number of carbonyl (C=O) groups excluding carboxylic acids is 4. The third-order valence-corrected chi connectivity index (χ3v) is 5.68. The lowest BCUT2D eigenvalue weighted by molar-refractivity contribution is -0.144. The Morgan fingerprint density at radius 2 is 1.76 bits per heavy atom. The van der Waals surface area contributed by atoms with Gasteiger partial charge in [0.15, 0.2) is 0 Å². The number of aryl methyl sites for hydroxylation is 2. The SMILES string of the molecule is CCCCCN(C(=O)C(CO)NC(=O)OC(C)(C)C)C(C(=O)NCCC(=O)OCC)c1cc(C)ccc1C. The zero-order valence-corrected chi connectivity index (χ0v) is 23.9. The summed E-state index contributed by atoms with van der Waals surface area (Å²) in [7, 11) is 0. The molecular formula is C28H45N3O7. The predicted octanol–water partition coefficient (Wildman–Crippen LogP) is 3.32. The van der Waals surface area contributed by atoms with Crippen LogP contribution in [-0.2, 0) is 23.9 Å². The Hall–Kier alpha value is -3.14. The number of hydrogen-bond donors (Lipinski definition) is 3. The second-order valence-electron chi connectivity index (χ2n) is 10.2. The van der Waals surface area contributed by atoms with Gasteiger partial charge in [-0.25, -0.2) is 4.79 Å². The van der Waals surface area contributed by atoms with E-state index >= 15 is 0 Å². The van der Waals surface area contributed by atoms with Gasteiger partial charge in [-0.15, -0.1) is 0 Å². The minimum absolute atomic E-state index is 0.0116. The minimum Gasteiger partial charge on any atom is -0.466 e. The molecule has 3 N–H and O–H groups in total. The van der Waals surface area contributed by atoms with Crippen molar-refractivity contribution >= 4 is 23.9 Å². The molecule has 1 aromatic rings. The molecule has 0 aliphatic rings. The third-order valence-electron chi connectivity index (χ3n) is 5.68. The third kappa shape index (κ3) is 11.1. The van der Waals surface area contributed by atoms with Crippen LogP contribution < -0.4 is 10.6 Å². The number of alkyl carbamates (subject to hydrolysis) is 1. The van der Waals surface area contributed by atoms with Crippen LogP contribution in [0.1, 0.15) is 83.0 Å². The maximum Gasteiger partial charge on any atom is 0.408 e. The molecule has 0 saturated carbocycles. The van der Waals surface area contributed by atoms with Gasteiger partial charge in [-0.2, -0.15) is 0 Å². The average molecular weight is 536 g/mol. The molecule has 0 fully saturated rings. The highest BCUT2D eigenvalue weighted by atomic mass is 16.6. The van der Waals surface area contributed by atoms with Crippen molar-refractivity contribution in [1.82, 2.24) is 15.5 Å². The quantitative estimate of drug-likeness (QED) is 0.246. The number of nitrogens with zero attached hydrogens (tertiary/aromatic N) is 1. The van der Waals surface area contributed by atoms with Gasteiger partial charge < -0.3 is 30.1 Å². The highest BCUT2D eigenvalue weighted by Crippen LogP contribution is 2.27. The molecule has 0 aliphatic carbocycles. The van der Waals surface area contributed by atoms with E-state index < -0.39 is 48.2 Å². The van der Waals surface area contributed by atoms with Crippen molar-refractivity contribution in [3.8, 4) is 0 Å². The first-order chi connectivity index (χ1) is 17.8. The zero-order chi connectivity index (χ0) is 28.9. The lowest BCUT2D eigenvalue weighted by atomic mass is 9.96. The van der Waals surface area contributed by atoms with E-state index in [2.05, 4.69) is 10.6 Å². The van der Waals surface area contributed by atoms with E-state index in [-0.39, 0.29) is 26.1 Å². The molecule has 2 atom stereocenters. The summed E-state index contributed by atoms with van der Waals surface area (Å²) in [6, 6.07) is 3.28. The van der Waals surface area contributed by atoms with Crippen molar-refractivity contribution in [3.05, 3.63) is 34.9 Å². The summed E-state index contributed by atoms with van der Waals surface area (Å²) in [6.07, 6.45) is 1.46. The molecule has 2 unspecified atom stereocenters. The van der Waals surface area contributed by atoms with Gasteiger partial charge in [-0.05, 0) is 59.1 Å². The lowest BCUT2D eigenvalue weighted by Gasteiger charge is -2.35. The van der Waals surface area contributed by atoms with Crippen LogP contribution in [0, 0.1) is 13.8 Å². The van der Waals surface area contributed by atoms with Crippen molar-refractivity contribution < 1.29 is 33.8 Å². The Morgan fingerprint density at radius 1 is 1.08 bits per heavy atom. The lowest BCUT2D eigenvalue weighted by Crippen LogP contribution is -2.54. The van der Waals surface area contributed by atoms with Crippen molar-refractivity contribution in [3.63, 3.8) is 0 Å². The van der Waals surface area contributed by atoms with Crippen LogP contribution >= 0.6 is 0 Å². The largest absolute Gasteiger partial charge is 0.466 e. The topological polar surface area (TPSA) is 134 Å². The molecule has 0 spiro atoms. The molecular weight excluding hydrogens is 490 g/mol. The summed E-state index contributed by atoms with van der Waals surface area (Å²) < 4.78 is 10.2. The maximum atomic E-state index is 13.8. The van der Waals surface area contributed by atoms with Crippen LogP contribution in [0.15, 0.2) is 18.2 Å². The fourth-order valence-electron chi connectivity index (χ4n) is 3.86. The number of nitrogens with one attached hydrogen (secondary N) is 2. The highest BCUT2D eigenvalue weighted by Gasteiger charge is 2.36. The van der Waals surface area contributed by atoms with E-state index in [0.717, 1.165) is 24.0 Å². The monoisotopic (exact) mass is 535 g/mol. The fourth-order valence-corrected chi connectivity index (χ4v) is 3.86. The summed E-state index contributed by atoms with van der Waals surface area (Å²) >= 11 is 0. The number of amides is 3. The molecule has 3 amide bonds. The van der Waals surface area contributed by atoms with E-state index in [1.165, 1.54) is 4.90 Å². The summed E-state index contributed by atoms with van der Waals surface area (Å²) in [5, 5.41) is 15.2. The smallest absolute Gasteiger partial charge is 0.408 e. The second kappa shape index (κ2) is 16.0. The molecule has 0 radical (unpaired) electrons. The Balaban J connectivity index is 3.40. The summed E-state index contributed by atoms with van der Waals surface area (Å²) in [5.41, 5.74) is 1.53. The first kappa shape index (κ1) is 32.9. The molecule has 0 heterocycles. The van der Waals surface area contributed by atoms with Crippen LogP contribution in [0.2, 0.25) is 0 Å². The molecule has 214 valence electrons. The van der Waals surface area contributed by atoms with Gasteiger partial charge in [0, 0.05) is 13.1 Å². The number of carbonyl (C=O) groups is 4. The zero-order valence-electron chi connectivity index (χ0n) is 23.9. The maximum absolute atomic E-state index is 13.8. The van der Waals surface area contributed by atoms with Gasteiger partial charge in [0.25, 0.3) is 0 Å². The van der Waals surface area contributed by atoms with E-state index in [1.54, 1.807) is 27.7 Å². The van der Waals surface area contributed by atoms with Crippen LogP contribution in [-0.4, -0.2) is 71.8 Å². The van der Waals surface area contributed by atoms with Crippen LogP contribution in [0.5, 0.6) is 0 Å². The number of ether oxygens (including phenoxy) is 2. The Bertz CT molecular complexity index is 943. The number of rotatable bonds is 14. The van der Waals surface area contributed by atoms with E-state index in [4.69, 9.17) is 9.47 Å². The highest BCUT2D eigenvalue weighted by molar-refractivity contribution is 5.92. The molecule has 0 bridgehead atoms. The molecule has 0 aliphatic heterocycles. The Labute approximate surface area is 226 Å². The van der Waals surface area contributed by atoms with Gasteiger partial charge >= 0.3 is 12.1 Å². The summed E-state index contributed by atoms with van der Waals surface area (Å²) in [5.74, 6) is -1.52. The molecule has 10 nitrogen and oxygen atoms in total. The normalized spacial score (nSPS) is 12.7. The van der Waals surface area contributed by atoms with Crippen LogP contribution in [0.25, 0.3) is 0 Å². The molecule has 0 saturated heterocycles. The van der Waals surface area contributed by atoms with Gasteiger partial charge in [-0.3, -0.25) is 14.4 Å². The Kier molecular flexibility index (Phi) is 13.8. The summed E-state index contributed by atoms with van der Waals surface area (Å²) in [4.78, 5) is 53.0. The summed E-state index contributed by atoms with van der Waals surface area (Å²) in [6.45, 7) is 12.4. The standard InChI is InChI=1S/C28H45N3O7/c1-8-10-11-16-31(26(35)22(18-32)30-27(36)38-28(5,6)7)24(21-17-19(3)12-13-20(21)4)25(34)29-15-14-23(33)37-9-2/h12-13,17,22,24,32H,8-11,14-16,18H2,1-7H3,(H,29,34)(H,30,36). The van der Waals surface area contributed by atoms with E-state index in [0.29, 0.717) is 12.0 Å². The number of aliphatic hydroxyl groups excluding tert-OH is 1. The molecule has 38 heavy (non-hydrogen) atoms. The number of hydrogen-bond acceptors (Lipinski definition) is 7. The van der Waals surface area contributed by atoms with Gasteiger partial charge in [0.1, 0.15) is 17.7 Å². The van der Waals surface area contributed by atoms with Gasteiger partial charge in [0.05, 0.1) is 19.6 Å². The average Bonchev–Trinajstić information content (AvgIpc) is 2.82. The van der Waals surface area contributed by atoms with Crippen molar-refractivity contribution in [2.24, 2.45) is 0 Å². The minimum atomic E-state index is -1.31. The van der Waals surface area contributed by atoms with Crippen molar-refractivity contribution in [1.29, 1.82) is 0 Å². The van der Waals surface area contributed by atoms with E-state index in [1.807, 2.05) is 39.0 Å². The molecule has 1 aromatic carbocycles. The fraction of sp³-hybridized carbons (Fsp3) is 0.643. The molecule has 0 aromatic heterocycles. The van der Waals surface area contributed by atoms with Crippen molar-refractivity contribution in [2.75, 3.05) is 26.3 Å². The first-order valence-corrected chi connectivity index (χ1v) is 13.3. The second-order valence-corrected chi connectivity index (χ2v) is 10.2. The van der Waals surface area contributed by atoms with Crippen LogP contribution in [0.4, 0.5) is 4.79 Å². The molecule has 1 rings (SSSR count). The first-order valence-electron chi connectivity index (χ1n) is 13.3.